The number of sulfonamides is 1. The number of fused-ring (bicyclic) bond motifs is 2. The van der Waals surface area contributed by atoms with E-state index in [1.165, 1.54) is 18.4 Å². The highest BCUT2D eigenvalue weighted by atomic mass is 32.2. The van der Waals surface area contributed by atoms with Crippen LogP contribution in [0.15, 0.2) is 65.6 Å². The first-order valence-corrected chi connectivity index (χ1v) is 13.1. The van der Waals surface area contributed by atoms with E-state index in [0.717, 1.165) is 11.3 Å². The molecule has 0 saturated heterocycles. The molecule has 1 heterocycles. The van der Waals surface area contributed by atoms with Crippen molar-refractivity contribution in [3.8, 4) is 0 Å². The fourth-order valence-corrected chi connectivity index (χ4v) is 5.84. The van der Waals surface area contributed by atoms with Crippen molar-refractivity contribution >= 4 is 44.2 Å². The lowest BCUT2D eigenvalue weighted by Crippen LogP contribution is -2.60. The number of quaternary nitrogens is 1. The lowest BCUT2D eigenvalue weighted by Gasteiger charge is -2.39. The fraction of sp³-hybridized carbons (Fsp3) is 0.333. The van der Waals surface area contributed by atoms with Gasteiger partial charge in [0.25, 0.3) is 0 Å². The Bertz CT molecular complexity index is 1460. The Labute approximate surface area is 212 Å². The molecule has 9 heteroatoms. The van der Waals surface area contributed by atoms with Crippen LogP contribution in [0.5, 0.6) is 0 Å². The van der Waals surface area contributed by atoms with E-state index in [4.69, 9.17) is 4.74 Å². The Kier molecular flexibility index (Phi) is 6.45. The van der Waals surface area contributed by atoms with Gasteiger partial charge in [-0.15, -0.1) is 0 Å². The number of para-hydroxylation sites is 1. The molecule has 2 atom stereocenters. The van der Waals surface area contributed by atoms with Crippen LogP contribution in [0.2, 0.25) is 0 Å². The van der Waals surface area contributed by atoms with Crippen LogP contribution in [0.3, 0.4) is 0 Å². The number of amides is 2. The van der Waals surface area contributed by atoms with E-state index in [-0.39, 0.29) is 15.3 Å². The van der Waals surface area contributed by atoms with Crippen LogP contribution in [0.25, 0.3) is 10.8 Å². The minimum Gasteiger partial charge on any atom is -0.444 e. The van der Waals surface area contributed by atoms with Gasteiger partial charge in [0.2, 0.25) is 10.0 Å². The van der Waals surface area contributed by atoms with Gasteiger partial charge in [-0.25, -0.2) is 22.3 Å². The molecule has 0 radical (unpaired) electrons. The standard InChI is InChI=1S/C27H31N3O5S/c1-27(2,3)35-26(32)28-21-17-18-11-7-8-14-22(18)30(6,25(21)31)23-15-9-13-20-19(23)12-10-16-24(20)36(33,34)29(4)5/h7-16,21H,17H2,1-6H3/p+1/t21-,30?/m0/s1. The number of benzene rings is 3. The number of carbonyl (C=O) groups is 2. The third-order valence-corrected chi connectivity index (χ3v) is 8.30. The van der Waals surface area contributed by atoms with Gasteiger partial charge in [0.15, 0.2) is 11.7 Å². The summed E-state index contributed by atoms with van der Waals surface area (Å²) in [6.45, 7) is 5.29. The number of ether oxygens (including phenoxy) is 1. The highest BCUT2D eigenvalue weighted by molar-refractivity contribution is 7.89. The monoisotopic (exact) mass is 510 g/mol. The van der Waals surface area contributed by atoms with Crippen LogP contribution >= 0.6 is 0 Å². The van der Waals surface area contributed by atoms with E-state index in [0.29, 0.717) is 22.9 Å². The number of hydrogen-bond donors (Lipinski definition) is 1. The summed E-state index contributed by atoms with van der Waals surface area (Å²) in [5.74, 6) is -0.243. The molecule has 3 aromatic rings. The van der Waals surface area contributed by atoms with Crippen molar-refractivity contribution in [1.29, 1.82) is 0 Å². The summed E-state index contributed by atoms with van der Waals surface area (Å²) in [6.07, 6.45) is -0.336. The van der Waals surface area contributed by atoms with E-state index < -0.39 is 27.8 Å². The van der Waals surface area contributed by atoms with Gasteiger partial charge in [-0.3, -0.25) is 0 Å². The molecule has 0 saturated carbocycles. The maximum atomic E-state index is 14.1. The van der Waals surface area contributed by atoms with E-state index in [2.05, 4.69) is 5.32 Å². The number of rotatable bonds is 4. The van der Waals surface area contributed by atoms with E-state index >= 15 is 0 Å². The lowest BCUT2D eigenvalue weighted by molar-refractivity contribution is -0.129. The zero-order chi connectivity index (χ0) is 26.5. The SMILES string of the molecule is CN(C)S(=O)(=O)c1cccc2c([N+]3(C)C(=O)[C@@H](NC(=O)OC(C)(C)C)Cc4ccccc43)cccc12. The molecule has 1 N–H and O–H groups in total. The van der Waals surface area contributed by atoms with Crippen LogP contribution in [-0.2, 0) is 26.0 Å². The van der Waals surface area contributed by atoms with Crippen LogP contribution < -0.4 is 9.80 Å². The average molecular weight is 511 g/mol. The van der Waals surface area contributed by atoms with Gasteiger partial charge in [-0.1, -0.05) is 36.4 Å². The second-order valence-electron chi connectivity index (χ2n) is 10.3. The third-order valence-electron chi connectivity index (χ3n) is 6.43. The molecule has 8 nitrogen and oxygen atoms in total. The molecular formula is C27H32N3O5S+. The number of alkyl carbamates (subject to hydrolysis) is 1. The van der Waals surface area contributed by atoms with Crippen molar-refractivity contribution in [2.45, 2.75) is 43.7 Å². The number of hydrogen-bond acceptors (Lipinski definition) is 5. The minimum atomic E-state index is -3.72. The van der Waals surface area contributed by atoms with Crippen LogP contribution in [0, 0.1) is 0 Å². The number of carbonyl (C=O) groups excluding carboxylic acids is 2. The minimum absolute atomic E-state index is 0.166. The summed E-state index contributed by atoms with van der Waals surface area (Å²) in [6, 6.07) is 17.2. The number of nitrogens with one attached hydrogen (secondary N) is 1. The summed E-state index contributed by atoms with van der Waals surface area (Å²) in [4.78, 5) is 26.9. The predicted octanol–water partition coefficient (Wildman–Crippen LogP) is 4.33. The van der Waals surface area contributed by atoms with Crippen molar-refractivity contribution in [3.63, 3.8) is 0 Å². The Morgan fingerprint density at radius 1 is 0.972 bits per heavy atom. The van der Waals surface area contributed by atoms with E-state index in [9.17, 15) is 18.0 Å². The summed E-state index contributed by atoms with van der Waals surface area (Å²) < 4.78 is 32.5. The van der Waals surface area contributed by atoms with Crippen molar-refractivity contribution < 1.29 is 22.7 Å². The molecule has 190 valence electrons. The molecule has 1 aliphatic heterocycles. The van der Waals surface area contributed by atoms with Gasteiger partial charge in [-0.05, 0) is 32.9 Å². The molecule has 0 fully saturated rings. The van der Waals surface area contributed by atoms with Crippen molar-refractivity contribution in [1.82, 2.24) is 14.1 Å². The smallest absolute Gasteiger partial charge is 0.408 e. The van der Waals surface area contributed by atoms with Gasteiger partial charge in [-0.2, -0.15) is 4.48 Å². The van der Waals surface area contributed by atoms with Gasteiger partial charge in [0, 0.05) is 49.0 Å². The third kappa shape index (κ3) is 4.38. The first kappa shape index (κ1) is 25.8. The summed E-state index contributed by atoms with van der Waals surface area (Å²) >= 11 is 0. The second kappa shape index (κ2) is 8.99. The lowest BCUT2D eigenvalue weighted by atomic mass is 9.93. The molecule has 0 spiro atoms. The first-order chi connectivity index (χ1) is 16.8. The van der Waals surface area contributed by atoms with Gasteiger partial charge in [0.05, 0.1) is 11.9 Å². The predicted molar refractivity (Wildman–Crippen MR) is 141 cm³/mol. The maximum Gasteiger partial charge on any atom is 0.408 e. The highest BCUT2D eigenvalue weighted by Gasteiger charge is 2.49. The molecule has 1 unspecified atom stereocenters. The van der Waals surface area contributed by atoms with Crippen LogP contribution in [0.1, 0.15) is 26.3 Å². The number of nitrogens with zero attached hydrogens (tertiary/aromatic N) is 2. The molecule has 3 aromatic carbocycles. The molecule has 1 aliphatic rings. The Balaban J connectivity index is 1.91. The molecule has 0 aliphatic carbocycles. The van der Waals surface area contributed by atoms with Crippen molar-refractivity contribution in [2.75, 3.05) is 21.1 Å². The Morgan fingerprint density at radius 2 is 1.58 bits per heavy atom. The van der Waals surface area contributed by atoms with Gasteiger partial charge < -0.3 is 10.1 Å². The molecule has 0 aromatic heterocycles. The Hall–Kier alpha value is -3.27. The number of likely N-dealkylation sites (N-methyl/N-ethyl adjacent to an activating group) is 1. The van der Waals surface area contributed by atoms with E-state index in [1.54, 1.807) is 52.1 Å². The molecular weight excluding hydrogens is 478 g/mol. The maximum absolute atomic E-state index is 14.1. The quantitative estimate of drug-likeness (QED) is 0.528. The molecule has 2 amide bonds. The molecule has 0 bridgehead atoms. The summed E-state index contributed by atoms with van der Waals surface area (Å²) in [7, 11) is 1.04. The van der Waals surface area contributed by atoms with Gasteiger partial charge >= 0.3 is 12.0 Å². The summed E-state index contributed by atoms with van der Waals surface area (Å²) in [5.41, 5.74) is 1.60. The highest BCUT2D eigenvalue weighted by Crippen LogP contribution is 2.44. The fourth-order valence-electron chi connectivity index (χ4n) is 4.74. The summed E-state index contributed by atoms with van der Waals surface area (Å²) in [5, 5.41) is 3.93. The Morgan fingerprint density at radius 3 is 2.25 bits per heavy atom. The van der Waals surface area contributed by atoms with Crippen LogP contribution in [0.4, 0.5) is 16.2 Å². The largest absolute Gasteiger partial charge is 0.444 e. The average Bonchev–Trinajstić information content (AvgIpc) is 2.80. The zero-order valence-corrected chi connectivity index (χ0v) is 22.2. The van der Waals surface area contributed by atoms with Crippen molar-refractivity contribution in [2.24, 2.45) is 0 Å². The second-order valence-corrected chi connectivity index (χ2v) is 12.4. The topological polar surface area (TPSA) is 92.8 Å². The van der Waals surface area contributed by atoms with Gasteiger partial charge in [0.1, 0.15) is 11.3 Å². The van der Waals surface area contributed by atoms with Crippen molar-refractivity contribution in [3.05, 3.63) is 66.2 Å². The van der Waals surface area contributed by atoms with Crippen LogP contribution in [-0.4, -0.2) is 57.5 Å². The zero-order valence-electron chi connectivity index (χ0n) is 21.4. The first-order valence-electron chi connectivity index (χ1n) is 11.7. The van der Waals surface area contributed by atoms with E-state index in [1.807, 2.05) is 36.4 Å². The molecule has 36 heavy (non-hydrogen) atoms. The molecule has 4 rings (SSSR count). The normalized spacial score (nSPS) is 20.3.